The molecule has 3 nitrogen and oxygen atoms in total. The molecule has 0 fully saturated rings. The Labute approximate surface area is 90.0 Å². The molecule has 15 heavy (non-hydrogen) atoms. The molecule has 1 aromatic carbocycles. The molecule has 78 valence electrons. The van der Waals surface area contributed by atoms with Gasteiger partial charge in [0.05, 0.1) is 17.8 Å². The molecule has 0 bridgehead atoms. The van der Waals surface area contributed by atoms with Gasteiger partial charge in [0.25, 0.3) is 0 Å². The van der Waals surface area contributed by atoms with Crippen molar-refractivity contribution in [1.29, 1.82) is 5.26 Å². The molecule has 0 N–H and O–H groups in total. The molecule has 0 saturated carbocycles. The fraction of sp³-hybridized carbons (Fsp3) is 0.333. The maximum atomic E-state index is 8.60. The normalized spacial score (nSPS) is 12.3. The zero-order chi connectivity index (χ0) is 11.1. The maximum absolute atomic E-state index is 8.60. The predicted molar refractivity (Wildman–Crippen MR) is 59.6 cm³/mol. The second-order valence-electron chi connectivity index (χ2n) is 3.29. The van der Waals surface area contributed by atoms with Gasteiger partial charge in [0.2, 0.25) is 0 Å². The van der Waals surface area contributed by atoms with Gasteiger partial charge in [-0.3, -0.25) is 0 Å². The molecule has 1 atom stereocenters. The summed E-state index contributed by atoms with van der Waals surface area (Å²) in [6.45, 7) is 4.01. The highest BCUT2D eigenvalue weighted by Gasteiger charge is 1.95. The lowest BCUT2D eigenvalue weighted by molar-refractivity contribution is 0.0712. The van der Waals surface area contributed by atoms with Gasteiger partial charge in [0, 0.05) is 0 Å². The van der Waals surface area contributed by atoms with Gasteiger partial charge < -0.3 is 4.84 Å². The van der Waals surface area contributed by atoms with Gasteiger partial charge in [-0.05, 0) is 31.0 Å². The van der Waals surface area contributed by atoms with Crippen LogP contribution in [0.2, 0.25) is 0 Å². The lowest BCUT2D eigenvalue weighted by Crippen LogP contribution is -2.01. The second kappa shape index (κ2) is 5.82. The molecule has 0 heterocycles. The number of rotatable bonds is 4. The Morgan fingerprint density at radius 1 is 1.47 bits per heavy atom. The average Bonchev–Trinajstić information content (AvgIpc) is 2.29. The van der Waals surface area contributed by atoms with Crippen molar-refractivity contribution in [2.24, 2.45) is 5.16 Å². The van der Waals surface area contributed by atoms with Crippen LogP contribution in [0.1, 0.15) is 31.4 Å². The van der Waals surface area contributed by atoms with Crippen LogP contribution in [-0.2, 0) is 4.84 Å². The molecule has 1 rings (SSSR count). The Kier molecular flexibility index (Phi) is 4.36. The van der Waals surface area contributed by atoms with Crippen LogP contribution >= 0.6 is 0 Å². The number of oxime groups is 1. The number of benzene rings is 1. The molecular formula is C12H14N2O. The standard InChI is InChI=1S/C12H14N2O/c1-3-10(2)15-14-9-12-6-4-11(8-13)5-7-12/h4-7,9-10H,3H2,1-2H3. The highest BCUT2D eigenvalue weighted by atomic mass is 16.6. The van der Waals surface area contributed by atoms with E-state index in [0.29, 0.717) is 5.56 Å². The predicted octanol–water partition coefficient (Wildman–Crippen LogP) is 2.71. The maximum Gasteiger partial charge on any atom is 0.124 e. The van der Waals surface area contributed by atoms with E-state index in [9.17, 15) is 0 Å². The molecular weight excluding hydrogens is 188 g/mol. The van der Waals surface area contributed by atoms with Gasteiger partial charge in [-0.15, -0.1) is 0 Å². The largest absolute Gasteiger partial charge is 0.393 e. The number of nitrogens with zero attached hydrogens (tertiary/aromatic N) is 2. The van der Waals surface area contributed by atoms with Crippen molar-refractivity contribution in [3.8, 4) is 6.07 Å². The number of hydrogen-bond donors (Lipinski definition) is 0. The molecule has 0 spiro atoms. The molecule has 1 aromatic rings. The third kappa shape index (κ3) is 3.82. The zero-order valence-electron chi connectivity index (χ0n) is 8.97. The molecule has 0 aliphatic carbocycles. The molecule has 0 amide bonds. The summed E-state index contributed by atoms with van der Waals surface area (Å²) in [7, 11) is 0. The smallest absolute Gasteiger partial charge is 0.124 e. The van der Waals surface area contributed by atoms with Gasteiger partial charge in [-0.25, -0.2) is 0 Å². The van der Waals surface area contributed by atoms with Crippen molar-refractivity contribution in [2.75, 3.05) is 0 Å². The van der Waals surface area contributed by atoms with Gasteiger partial charge in [-0.2, -0.15) is 5.26 Å². The Balaban J connectivity index is 2.54. The van der Waals surface area contributed by atoms with Crippen LogP contribution < -0.4 is 0 Å². The number of nitriles is 1. The monoisotopic (exact) mass is 202 g/mol. The lowest BCUT2D eigenvalue weighted by atomic mass is 10.2. The summed E-state index contributed by atoms with van der Waals surface area (Å²) < 4.78 is 0. The Hall–Kier alpha value is -1.82. The summed E-state index contributed by atoms with van der Waals surface area (Å²) >= 11 is 0. The fourth-order valence-electron chi connectivity index (χ4n) is 0.913. The molecule has 0 aliphatic heterocycles. The van der Waals surface area contributed by atoms with Crippen molar-refractivity contribution >= 4 is 6.21 Å². The summed E-state index contributed by atoms with van der Waals surface area (Å²) in [6.07, 6.45) is 2.72. The Morgan fingerprint density at radius 2 is 2.13 bits per heavy atom. The summed E-state index contributed by atoms with van der Waals surface area (Å²) in [5.41, 5.74) is 1.58. The quantitative estimate of drug-likeness (QED) is 0.556. The van der Waals surface area contributed by atoms with Crippen LogP contribution in [-0.4, -0.2) is 12.3 Å². The summed E-state index contributed by atoms with van der Waals surface area (Å²) in [4.78, 5) is 5.16. The van der Waals surface area contributed by atoms with Crippen molar-refractivity contribution in [2.45, 2.75) is 26.4 Å². The third-order valence-electron chi connectivity index (χ3n) is 2.06. The van der Waals surface area contributed by atoms with E-state index in [1.165, 1.54) is 0 Å². The van der Waals surface area contributed by atoms with Crippen molar-refractivity contribution in [3.63, 3.8) is 0 Å². The fourth-order valence-corrected chi connectivity index (χ4v) is 0.913. The second-order valence-corrected chi connectivity index (χ2v) is 3.29. The van der Waals surface area contributed by atoms with E-state index in [2.05, 4.69) is 11.2 Å². The highest BCUT2D eigenvalue weighted by molar-refractivity contribution is 5.79. The lowest BCUT2D eigenvalue weighted by Gasteiger charge is -2.04. The van der Waals surface area contributed by atoms with Crippen molar-refractivity contribution in [1.82, 2.24) is 0 Å². The van der Waals surface area contributed by atoms with Crippen molar-refractivity contribution in [3.05, 3.63) is 35.4 Å². The Bertz CT molecular complexity index is 362. The average molecular weight is 202 g/mol. The minimum Gasteiger partial charge on any atom is -0.393 e. The molecule has 0 radical (unpaired) electrons. The summed E-state index contributed by atoms with van der Waals surface area (Å²) in [6, 6.07) is 9.24. The first-order chi connectivity index (χ1) is 7.26. The number of hydrogen-bond acceptors (Lipinski definition) is 3. The van der Waals surface area contributed by atoms with Crippen LogP contribution in [0.3, 0.4) is 0 Å². The van der Waals surface area contributed by atoms with Crippen LogP contribution in [0, 0.1) is 11.3 Å². The molecule has 0 aliphatic rings. The molecule has 3 heteroatoms. The van der Waals surface area contributed by atoms with E-state index in [1.807, 2.05) is 26.0 Å². The van der Waals surface area contributed by atoms with Crippen LogP contribution in [0.15, 0.2) is 29.4 Å². The van der Waals surface area contributed by atoms with E-state index in [1.54, 1.807) is 18.3 Å². The molecule has 0 saturated heterocycles. The van der Waals surface area contributed by atoms with Gasteiger partial charge in [0.15, 0.2) is 0 Å². The zero-order valence-corrected chi connectivity index (χ0v) is 8.97. The Morgan fingerprint density at radius 3 is 2.67 bits per heavy atom. The van der Waals surface area contributed by atoms with E-state index in [0.717, 1.165) is 12.0 Å². The van der Waals surface area contributed by atoms with Crippen LogP contribution in [0.5, 0.6) is 0 Å². The minimum absolute atomic E-state index is 0.139. The minimum atomic E-state index is 0.139. The highest BCUT2D eigenvalue weighted by Crippen LogP contribution is 2.01. The van der Waals surface area contributed by atoms with Gasteiger partial charge >= 0.3 is 0 Å². The van der Waals surface area contributed by atoms with E-state index < -0.39 is 0 Å². The first-order valence-electron chi connectivity index (χ1n) is 4.95. The van der Waals surface area contributed by atoms with Crippen LogP contribution in [0.4, 0.5) is 0 Å². The topological polar surface area (TPSA) is 45.4 Å². The SMILES string of the molecule is CCC(C)ON=Cc1ccc(C#N)cc1. The van der Waals surface area contributed by atoms with E-state index in [-0.39, 0.29) is 6.10 Å². The summed E-state index contributed by atoms with van der Waals surface area (Å²) in [5, 5.41) is 12.5. The van der Waals surface area contributed by atoms with E-state index in [4.69, 9.17) is 10.1 Å². The molecule has 0 aromatic heterocycles. The summed E-state index contributed by atoms with van der Waals surface area (Å²) in [5.74, 6) is 0. The van der Waals surface area contributed by atoms with E-state index >= 15 is 0 Å². The third-order valence-corrected chi connectivity index (χ3v) is 2.06. The first kappa shape index (κ1) is 11.3. The van der Waals surface area contributed by atoms with Gasteiger partial charge in [0.1, 0.15) is 6.10 Å². The van der Waals surface area contributed by atoms with Crippen molar-refractivity contribution < 1.29 is 4.84 Å². The van der Waals surface area contributed by atoms with Crippen LogP contribution in [0.25, 0.3) is 0 Å². The first-order valence-corrected chi connectivity index (χ1v) is 4.95. The van der Waals surface area contributed by atoms with Gasteiger partial charge in [-0.1, -0.05) is 24.2 Å². The molecule has 1 unspecified atom stereocenters.